The molecule has 2 heterocycles. The number of anilines is 1. The number of carbonyl (C=O) groups is 1. The van der Waals surface area contributed by atoms with Crippen LogP contribution < -0.4 is 16.0 Å². The van der Waals surface area contributed by atoms with E-state index in [1.807, 2.05) is 17.9 Å². The van der Waals surface area contributed by atoms with Gasteiger partial charge in [0.25, 0.3) is 0 Å². The largest absolute Gasteiger partial charge is 0.377 e. The molecule has 19 heavy (non-hydrogen) atoms. The fourth-order valence-electron chi connectivity index (χ4n) is 2.28. The standard InChI is InChI=1S/C13H20N4O2/c1-9-5-10(6-14)7-16-12(9)17-3-4-19-8-11(17)13(18)15-2/h5,7,11H,3-4,6,8,14H2,1-2H3,(H,15,18). The Morgan fingerprint density at radius 3 is 3.11 bits per heavy atom. The smallest absolute Gasteiger partial charge is 0.244 e. The minimum Gasteiger partial charge on any atom is -0.377 e. The van der Waals surface area contributed by atoms with Gasteiger partial charge in [0.15, 0.2) is 0 Å². The predicted molar refractivity (Wildman–Crippen MR) is 72.9 cm³/mol. The summed E-state index contributed by atoms with van der Waals surface area (Å²) in [6.07, 6.45) is 1.76. The van der Waals surface area contributed by atoms with Crippen LogP contribution in [0.5, 0.6) is 0 Å². The number of likely N-dealkylation sites (N-methyl/N-ethyl adjacent to an activating group) is 1. The maximum atomic E-state index is 11.9. The Kier molecular flexibility index (Phi) is 4.34. The Balaban J connectivity index is 2.29. The van der Waals surface area contributed by atoms with Crippen molar-refractivity contribution in [3.05, 3.63) is 23.4 Å². The summed E-state index contributed by atoms with van der Waals surface area (Å²) in [5.41, 5.74) is 7.62. The average Bonchev–Trinajstić information content (AvgIpc) is 2.46. The number of ether oxygens (including phenoxy) is 1. The van der Waals surface area contributed by atoms with Gasteiger partial charge in [0.05, 0.1) is 13.2 Å². The van der Waals surface area contributed by atoms with Crippen molar-refractivity contribution in [3.8, 4) is 0 Å². The van der Waals surface area contributed by atoms with Gasteiger partial charge in [-0.2, -0.15) is 0 Å². The van der Waals surface area contributed by atoms with E-state index in [9.17, 15) is 4.79 Å². The molecule has 0 bridgehead atoms. The second-order valence-corrected chi connectivity index (χ2v) is 4.59. The van der Waals surface area contributed by atoms with Crippen molar-refractivity contribution in [3.63, 3.8) is 0 Å². The zero-order valence-electron chi connectivity index (χ0n) is 11.3. The van der Waals surface area contributed by atoms with E-state index in [2.05, 4.69) is 10.3 Å². The highest BCUT2D eigenvalue weighted by Gasteiger charge is 2.30. The van der Waals surface area contributed by atoms with Crippen molar-refractivity contribution in [1.82, 2.24) is 10.3 Å². The summed E-state index contributed by atoms with van der Waals surface area (Å²) in [6, 6.07) is 1.69. The number of nitrogens with one attached hydrogen (secondary N) is 1. The van der Waals surface area contributed by atoms with Crippen LogP contribution in [0, 0.1) is 6.92 Å². The summed E-state index contributed by atoms with van der Waals surface area (Å²) < 4.78 is 5.39. The van der Waals surface area contributed by atoms with Gasteiger partial charge in [-0.1, -0.05) is 0 Å². The molecule has 0 aliphatic carbocycles. The van der Waals surface area contributed by atoms with Crippen LogP contribution in [0.2, 0.25) is 0 Å². The summed E-state index contributed by atoms with van der Waals surface area (Å²) in [5, 5.41) is 2.67. The summed E-state index contributed by atoms with van der Waals surface area (Å²) in [5.74, 6) is 0.776. The normalized spacial score (nSPS) is 19.3. The molecule has 1 fully saturated rings. The van der Waals surface area contributed by atoms with E-state index < -0.39 is 0 Å². The second kappa shape index (κ2) is 5.99. The minimum absolute atomic E-state index is 0.0520. The Hall–Kier alpha value is -1.66. The summed E-state index contributed by atoms with van der Waals surface area (Å²) >= 11 is 0. The maximum absolute atomic E-state index is 11.9. The van der Waals surface area contributed by atoms with Crippen molar-refractivity contribution in [2.45, 2.75) is 19.5 Å². The molecular weight excluding hydrogens is 244 g/mol. The SMILES string of the molecule is CNC(=O)C1COCCN1c1ncc(CN)cc1C. The van der Waals surface area contributed by atoms with E-state index in [4.69, 9.17) is 10.5 Å². The average molecular weight is 264 g/mol. The molecule has 1 aliphatic rings. The first-order valence-electron chi connectivity index (χ1n) is 6.39. The van der Waals surface area contributed by atoms with E-state index in [0.29, 0.717) is 26.3 Å². The molecule has 1 saturated heterocycles. The first-order valence-corrected chi connectivity index (χ1v) is 6.39. The number of hydrogen-bond donors (Lipinski definition) is 2. The van der Waals surface area contributed by atoms with Gasteiger partial charge in [-0.15, -0.1) is 0 Å². The lowest BCUT2D eigenvalue weighted by atomic mass is 10.1. The Morgan fingerprint density at radius 1 is 1.68 bits per heavy atom. The molecule has 0 radical (unpaired) electrons. The van der Waals surface area contributed by atoms with E-state index >= 15 is 0 Å². The number of nitrogens with zero attached hydrogens (tertiary/aromatic N) is 2. The van der Waals surface area contributed by atoms with Gasteiger partial charge in [0, 0.05) is 26.3 Å². The minimum atomic E-state index is -0.325. The van der Waals surface area contributed by atoms with Crippen LogP contribution in [0.15, 0.2) is 12.3 Å². The van der Waals surface area contributed by atoms with E-state index in [-0.39, 0.29) is 11.9 Å². The van der Waals surface area contributed by atoms with Crippen LogP contribution in [0.1, 0.15) is 11.1 Å². The molecular formula is C13H20N4O2. The van der Waals surface area contributed by atoms with Crippen molar-refractivity contribution in [1.29, 1.82) is 0 Å². The Morgan fingerprint density at radius 2 is 2.47 bits per heavy atom. The first kappa shape index (κ1) is 13.8. The van der Waals surface area contributed by atoms with Crippen molar-refractivity contribution < 1.29 is 9.53 Å². The van der Waals surface area contributed by atoms with E-state index in [1.165, 1.54) is 0 Å². The fourth-order valence-corrected chi connectivity index (χ4v) is 2.28. The van der Waals surface area contributed by atoms with Gasteiger partial charge >= 0.3 is 0 Å². The van der Waals surface area contributed by atoms with Crippen molar-refractivity contribution >= 4 is 11.7 Å². The zero-order valence-corrected chi connectivity index (χ0v) is 11.3. The zero-order chi connectivity index (χ0) is 13.8. The molecule has 1 unspecified atom stereocenters. The van der Waals surface area contributed by atoms with Gasteiger partial charge in [-0.05, 0) is 24.1 Å². The van der Waals surface area contributed by atoms with Gasteiger partial charge in [0.1, 0.15) is 11.9 Å². The number of rotatable bonds is 3. The third kappa shape index (κ3) is 2.85. The van der Waals surface area contributed by atoms with E-state index in [0.717, 1.165) is 16.9 Å². The number of morpholine rings is 1. The topological polar surface area (TPSA) is 80.5 Å². The summed E-state index contributed by atoms with van der Waals surface area (Å²) in [6.45, 7) is 4.11. The highest BCUT2D eigenvalue weighted by atomic mass is 16.5. The molecule has 3 N–H and O–H groups in total. The predicted octanol–water partition coefficient (Wildman–Crippen LogP) is -0.200. The first-order chi connectivity index (χ1) is 9.17. The molecule has 0 saturated carbocycles. The van der Waals surface area contributed by atoms with Crippen molar-refractivity contribution in [2.75, 3.05) is 31.7 Å². The molecule has 1 aromatic rings. The third-order valence-electron chi connectivity index (χ3n) is 3.29. The number of pyridine rings is 1. The van der Waals surface area contributed by atoms with Crippen LogP contribution in [0.4, 0.5) is 5.82 Å². The highest BCUT2D eigenvalue weighted by molar-refractivity contribution is 5.85. The van der Waals surface area contributed by atoms with Crippen LogP contribution >= 0.6 is 0 Å². The van der Waals surface area contributed by atoms with Crippen LogP contribution in [0.25, 0.3) is 0 Å². The monoisotopic (exact) mass is 264 g/mol. The van der Waals surface area contributed by atoms with Gasteiger partial charge in [-0.25, -0.2) is 4.98 Å². The second-order valence-electron chi connectivity index (χ2n) is 4.59. The highest BCUT2D eigenvalue weighted by Crippen LogP contribution is 2.22. The lowest BCUT2D eigenvalue weighted by Gasteiger charge is -2.36. The molecule has 0 spiro atoms. The lowest BCUT2D eigenvalue weighted by molar-refractivity contribution is -0.124. The number of carbonyl (C=O) groups excluding carboxylic acids is 1. The van der Waals surface area contributed by atoms with E-state index in [1.54, 1.807) is 13.2 Å². The summed E-state index contributed by atoms with van der Waals surface area (Å²) in [7, 11) is 1.63. The van der Waals surface area contributed by atoms with Crippen molar-refractivity contribution in [2.24, 2.45) is 5.73 Å². The molecule has 2 rings (SSSR count). The van der Waals surface area contributed by atoms with Gasteiger partial charge in [0.2, 0.25) is 5.91 Å². The molecule has 104 valence electrons. The lowest BCUT2D eigenvalue weighted by Crippen LogP contribution is -2.53. The van der Waals surface area contributed by atoms with Gasteiger partial charge < -0.3 is 20.7 Å². The molecule has 1 atom stereocenters. The van der Waals surface area contributed by atoms with Crippen LogP contribution in [-0.2, 0) is 16.1 Å². The molecule has 1 aliphatic heterocycles. The quantitative estimate of drug-likeness (QED) is 0.790. The number of hydrogen-bond acceptors (Lipinski definition) is 5. The molecule has 1 aromatic heterocycles. The molecule has 0 aromatic carbocycles. The Bertz CT molecular complexity index is 464. The number of aromatic nitrogens is 1. The van der Waals surface area contributed by atoms with Crippen LogP contribution in [-0.4, -0.2) is 43.7 Å². The third-order valence-corrected chi connectivity index (χ3v) is 3.29. The molecule has 1 amide bonds. The number of aryl methyl sites for hydroxylation is 1. The Labute approximate surface area is 112 Å². The summed E-state index contributed by atoms with van der Waals surface area (Å²) in [4.78, 5) is 18.4. The van der Waals surface area contributed by atoms with Crippen LogP contribution in [0.3, 0.4) is 0 Å². The number of amides is 1. The molecule has 6 heteroatoms. The fraction of sp³-hybridized carbons (Fsp3) is 0.538. The maximum Gasteiger partial charge on any atom is 0.244 e. The van der Waals surface area contributed by atoms with Gasteiger partial charge in [-0.3, -0.25) is 4.79 Å². The number of nitrogens with two attached hydrogens (primary N) is 1. The molecule has 6 nitrogen and oxygen atoms in total.